The molecule has 1 aliphatic rings. The Morgan fingerprint density at radius 3 is 2.64 bits per heavy atom. The van der Waals surface area contributed by atoms with Crippen molar-refractivity contribution in [3.63, 3.8) is 0 Å². The summed E-state index contributed by atoms with van der Waals surface area (Å²) in [6.45, 7) is -0.971. The summed E-state index contributed by atoms with van der Waals surface area (Å²) < 4.78 is 28.8. The maximum atomic E-state index is 12.2. The normalized spacial score (nSPS) is 23.3. The molecular formula is C16H21F2NO3. The monoisotopic (exact) mass is 313 g/mol. The van der Waals surface area contributed by atoms with Gasteiger partial charge in [-0.2, -0.15) is 8.78 Å². The Bertz CT molecular complexity index is 502. The zero-order valence-corrected chi connectivity index (χ0v) is 12.5. The Hall–Kier alpha value is -1.72. The van der Waals surface area contributed by atoms with Crippen LogP contribution in [-0.4, -0.2) is 22.7 Å². The number of carboxylic acids is 1. The van der Waals surface area contributed by atoms with Crippen LogP contribution in [0.2, 0.25) is 0 Å². The summed E-state index contributed by atoms with van der Waals surface area (Å²) in [6.07, 6.45) is 5.56. The van der Waals surface area contributed by atoms with E-state index in [1.54, 1.807) is 6.07 Å². The van der Waals surface area contributed by atoms with Gasteiger partial charge in [0, 0.05) is 12.3 Å². The van der Waals surface area contributed by atoms with Crippen LogP contribution in [0.3, 0.4) is 0 Å². The van der Waals surface area contributed by atoms with Crippen LogP contribution in [-0.2, 0) is 4.79 Å². The zero-order chi connectivity index (χ0) is 16.1. The minimum absolute atomic E-state index is 0.0633. The molecule has 1 aromatic rings. The van der Waals surface area contributed by atoms with Crippen molar-refractivity contribution in [2.24, 2.45) is 11.8 Å². The lowest BCUT2D eigenvalue weighted by molar-refractivity contribution is -0.144. The van der Waals surface area contributed by atoms with Crippen LogP contribution >= 0.6 is 0 Å². The molecule has 0 amide bonds. The Morgan fingerprint density at radius 1 is 1.41 bits per heavy atom. The van der Waals surface area contributed by atoms with Crippen LogP contribution in [0.15, 0.2) is 18.3 Å². The van der Waals surface area contributed by atoms with Gasteiger partial charge >= 0.3 is 12.6 Å². The van der Waals surface area contributed by atoms with Gasteiger partial charge in [-0.3, -0.25) is 4.79 Å². The van der Waals surface area contributed by atoms with E-state index in [9.17, 15) is 18.7 Å². The predicted octanol–water partition coefficient (Wildman–Crippen LogP) is 4.07. The predicted molar refractivity (Wildman–Crippen MR) is 77.0 cm³/mol. The molecule has 1 fully saturated rings. The first-order valence-corrected chi connectivity index (χ1v) is 7.64. The van der Waals surface area contributed by atoms with E-state index >= 15 is 0 Å². The number of pyridine rings is 1. The van der Waals surface area contributed by atoms with Gasteiger partial charge in [-0.1, -0.05) is 6.92 Å². The van der Waals surface area contributed by atoms with Gasteiger partial charge in [-0.15, -0.1) is 0 Å². The topological polar surface area (TPSA) is 59.4 Å². The molecule has 122 valence electrons. The van der Waals surface area contributed by atoms with Crippen molar-refractivity contribution in [2.75, 3.05) is 0 Å². The Labute approximate surface area is 128 Å². The van der Waals surface area contributed by atoms with Crippen molar-refractivity contribution in [2.45, 2.75) is 51.6 Å². The smallest absolute Gasteiger partial charge is 0.388 e. The molecular weight excluding hydrogens is 292 g/mol. The maximum Gasteiger partial charge on any atom is 0.388 e. The summed E-state index contributed by atoms with van der Waals surface area (Å²) >= 11 is 0. The summed E-state index contributed by atoms with van der Waals surface area (Å²) in [5, 5.41) is 9.23. The average Bonchev–Trinajstić information content (AvgIpc) is 2.48. The zero-order valence-electron chi connectivity index (χ0n) is 12.5. The molecule has 0 spiro atoms. The van der Waals surface area contributed by atoms with E-state index in [1.807, 2.05) is 13.0 Å². The molecule has 0 aliphatic heterocycles. The fourth-order valence-electron chi connectivity index (χ4n) is 3.40. The highest BCUT2D eigenvalue weighted by atomic mass is 19.3. The number of nitrogens with zero attached hydrogens (tertiary/aromatic N) is 1. The molecule has 0 radical (unpaired) electrons. The minimum atomic E-state index is -2.88. The van der Waals surface area contributed by atoms with Crippen LogP contribution in [0.5, 0.6) is 5.88 Å². The lowest BCUT2D eigenvalue weighted by atomic mass is 9.73. The molecule has 1 N–H and O–H groups in total. The lowest BCUT2D eigenvalue weighted by Gasteiger charge is -2.32. The van der Waals surface area contributed by atoms with Gasteiger partial charge in [0.05, 0.1) is 5.92 Å². The first-order chi connectivity index (χ1) is 10.5. The van der Waals surface area contributed by atoms with Crippen molar-refractivity contribution < 1.29 is 23.4 Å². The third-order valence-corrected chi connectivity index (χ3v) is 4.54. The summed E-state index contributed by atoms with van der Waals surface area (Å²) in [6, 6.07) is 3.38. The molecule has 1 aliphatic carbocycles. The fourth-order valence-corrected chi connectivity index (χ4v) is 3.40. The third kappa shape index (κ3) is 4.15. The van der Waals surface area contributed by atoms with E-state index in [0.717, 1.165) is 31.2 Å². The third-order valence-electron chi connectivity index (χ3n) is 4.54. The largest absolute Gasteiger partial charge is 0.481 e. The van der Waals surface area contributed by atoms with Crippen LogP contribution < -0.4 is 4.74 Å². The summed E-state index contributed by atoms with van der Waals surface area (Å²) in [4.78, 5) is 15.0. The van der Waals surface area contributed by atoms with Crippen LogP contribution in [0.1, 0.15) is 50.5 Å². The minimum Gasteiger partial charge on any atom is -0.481 e. The van der Waals surface area contributed by atoms with E-state index < -0.39 is 12.6 Å². The van der Waals surface area contributed by atoms with Crippen molar-refractivity contribution in [1.82, 2.24) is 4.98 Å². The van der Waals surface area contributed by atoms with Gasteiger partial charge in [-0.25, -0.2) is 4.98 Å². The highest BCUT2D eigenvalue weighted by molar-refractivity contribution is 5.70. The number of rotatable bonds is 6. The summed E-state index contributed by atoms with van der Waals surface area (Å²) in [5.74, 6) is -0.604. The highest BCUT2D eigenvalue weighted by Gasteiger charge is 2.31. The number of aromatic nitrogens is 1. The van der Waals surface area contributed by atoms with Gasteiger partial charge in [0.1, 0.15) is 0 Å². The second kappa shape index (κ2) is 7.51. The number of carboxylic acid groups (broad SMARTS) is 1. The molecule has 1 aromatic heterocycles. The van der Waals surface area contributed by atoms with Crippen molar-refractivity contribution in [3.05, 3.63) is 23.9 Å². The van der Waals surface area contributed by atoms with E-state index in [4.69, 9.17) is 0 Å². The van der Waals surface area contributed by atoms with E-state index in [1.165, 1.54) is 6.20 Å². The number of aliphatic carboxylic acids is 1. The number of halogens is 2. The van der Waals surface area contributed by atoms with Crippen LogP contribution in [0.25, 0.3) is 0 Å². The van der Waals surface area contributed by atoms with Gasteiger partial charge in [0.25, 0.3) is 0 Å². The second-order valence-electron chi connectivity index (χ2n) is 5.77. The van der Waals surface area contributed by atoms with Crippen molar-refractivity contribution in [3.8, 4) is 5.88 Å². The summed E-state index contributed by atoms with van der Waals surface area (Å²) in [7, 11) is 0. The molecule has 0 saturated heterocycles. The Morgan fingerprint density at radius 2 is 2.09 bits per heavy atom. The first kappa shape index (κ1) is 16.6. The number of alkyl halides is 2. The first-order valence-electron chi connectivity index (χ1n) is 7.64. The second-order valence-corrected chi connectivity index (χ2v) is 5.77. The lowest BCUT2D eigenvalue weighted by Crippen LogP contribution is -2.26. The molecule has 6 heteroatoms. The molecule has 0 bridgehead atoms. The van der Waals surface area contributed by atoms with E-state index in [2.05, 4.69) is 9.72 Å². The molecule has 0 aromatic carbocycles. The molecule has 1 saturated carbocycles. The molecule has 2 rings (SSSR count). The fraction of sp³-hybridized carbons (Fsp3) is 0.625. The molecule has 1 heterocycles. The Kier molecular flexibility index (Phi) is 5.69. The molecule has 1 atom stereocenters. The van der Waals surface area contributed by atoms with Crippen molar-refractivity contribution in [1.29, 1.82) is 0 Å². The standard InChI is InChI=1S/C16H21F2NO3/c1-2-13(15(20)21)11-5-3-10(4-6-11)12-7-8-19-14(9-12)22-16(17)18/h7-11,13,16H,2-6H2,1H3,(H,20,21). The highest BCUT2D eigenvalue weighted by Crippen LogP contribution is 2.40. The van der Waals surface area contributed by atoms with E-state index in [0.29, 0.717) is 6.42 Å². The number of hydrogen-bond donors (Lipinski definition) is 1. The maximum absolute atomic E-state index is 12.2. The molecule has 22 heavy (non-hydrogen) atoms. The van der Waals surface area contributed by atoms with Crippen molar-refractivity contribution >= 4 is 5.97 Å². The number of ether oxygens (including phenoxy) is 1. The Balaban J connectivity index is 1.98. The SMILES string of the molecule is CCC(C(=O)O)C1CCC(c2ccnc(OC(F)F)c2)CC1. The summed E-state index contributed by atoms with van der Waals surface area (Å²) in [5.41, 5.74) is 0.937. The van der Waals surface area contributed by atoms with E-state index in [-0.39, 0.29) is 23.6 Å². The molecule has 4 nitrogen and oxygen atoms in total. The number of carbonyl (C=O) groups is 1. The van der Waals surface area contributed by atoms with Gasteiger partial charge < -0.3 is 9.84 Å². The van der Waals surface area contributed by atoms with Gasteiger partial charge in [0.15, 0.2) is 0 Å². The molecule has 1 unspecified atom stereocenters. The number of hydrogen-bond acceptors (Lipinski definition) is 3. The average molecular weight is 313 g/mol. The van der Waals surface area contributed by atoms with Crippen LogP contribution in [0.4, 0.5) is 8.78 Å². The quantitative estimate of drug-likeness (QED) is 0.860. The van der Waals surface area contributed by atoms with Crippen LogP contribution in [0, 0.1) is 11.8 Å². The van der Waals surface area contributed by atoms with Gasteiger partial charge in [-0.05, 0) is 55.6 Å². The van der Waals surface area contributed by atoms with Gasteiger partial charge in [0.2, 0.25) is 5.88 Å².